The van der Waals surface area contributed by atoms with Crippen LogP contribution in [0.5, 0.6) is 0 Å². The molecule has 1 heterocycles. The summed E-state index contributed by atoms with van der Waals surface area (Å²) < 4.78 is 16.9. The summed E-state index contributed by atoms with van der Waals surface area (Å²) >= 11 is 0. The van der Waals surface area contributed by atoms with Gasteiger partial charge in [0.15, 0.2) is 0 Å². The van der Waals surface area contributed by atoms with Crippen molar-refractivity contribution in [3.63, 3.8) is 0 Å². The molecule has 3 rings (SSSR count). The molecule has 0 N–H and O–H groups in total. The highest BCUT2D eigenvalue weighted by Gasteiger charge is 2.38. The normalized spacial score (nSPS) is 13.0. The Morgan fingerprint density at radius 2 is 1.61 bits per heavy atom. The summed E-state index contributed by atoms with van der Waals surface area (Å²) in [7, 11) is 2.46. The molecule has 1 unspecified atom stereocenters. The van der Waals surface area contributed by atoms with Crippen LogP contribution in [0.15, 0.2) is 67.0 Å². The summed E-state index contributed by atoms with van der Waals surface area (Å²) in [5.41, 5.74) is 2.64. The summed E-state index contributed by atoms with van der Waals surface area (Å²) in [5.74, 6) is 0.447. The van der Waals surface area contributed by atoms with Crippen LogP contribution in [0.25, 0.3) is 10.8 Å². The van der Waals surface area contributed by atoms with E-state index in [4.69, 9.17) is 13.3 Å². The van der Waals surface area contributed by atoms with E-state index in [2.05, 4.69) is 53.5 Å². The largest absolute Gasteiger partial charge is 0.500 e. The molecule has 3 aromatic rings. The fraction of sp³-hybridized carbons (Fsp3) is 0.348. The Kier molecular flexibility index (Phi) is 7.34. The number of fused-ring (bicyclic) bond motifs is 1. The lowest BCUT2D eigenvalue weighted by atomic mass is 9.89. The van der Waals surface area contributed by atoms with Crippen LogP contribution in [-0.2, 0) is 26.1 Å². The molecule has 2 aromatic carbocycles. The minimum Gasteiger partial charge on any atom is -0.377 e. The molecule has 0 aliphatic carbocycles. The minimum absolute atomic E-state index is 0.447. The van der Waals surface area contributed by atoms with Gasteiger partial charge >= 0.3 is 8.80 Å². The average molecular weight is 396 g/mol. The lowest BCUT2D eigenvalue weighted by Gasteiger charge is -2.27. The monoisotopic (exact) mass is 395 g/mol. The van der Waals surface area contributed by atoms with Crippen molar-refractivity contribution in [3.05, 3.63) is 78.1 Å². The van der Waals surface area contributed by atoms with Gasteiger partial charge in [-0.3, -0.25) is 4.98 Å². The fourth-order valence-corrected chi connectivity index (χ4v) is 5.72. The first-order valence-corrected chi connectivity index (χ1v) is 11.6. The van der Waals surface area contributed by atoms with Crippen LogP contribution in [0, 0.1) is 5.92 Å². The molecular weight excluding hydrogens is 366 g/mol. The number of aromatic nitrogens is 1. The molecule has 0 fully saturated rings. The molecule has 148 valence electrons. The summed E-state index contributed by atoms with van der Waals surface area (Å²) in [5, 5.41) is 2.62. The minimum atomic E-state index is -2.58. The van der Waals surface area contributed by atoms with Crippen LogP contribution in [0.1, 0.15) is 17.5 Å². The zero-order valence-electron chi connectivity index (χ0n) is 16.9. The van der Waals surface area contributed by atoms with Crippen molar-refractivity contribution in [3.8, 4) is 0 Å². The van der Waals surface area contributed by atoms with Gasteiger partial charge in [0, 0.05) is 39.8 Å². The Labute approximate surface area is 168 Å². The molecule has 0 saturated heterocycles. The van der Waals surface area contributed by atoms with Gasteiger partial charge < -0.3 is 13.3 Å². The Bertz CT molecular complexity index is 854. The topological polar surface area (TPSA) is 40.6 Å². The van der Waals surface area contributed by atoms with Crippen LogP contribution in [0.4, 0.5) is 0 Å². The van der Waals surface area contributed by atoms with Crippen molar-refractivity contribution < 1.29 is 13.3 Å². The van der Waals surface area contributed by atoms with E-state index in [9.17, 15) is 0 Å². The highest BCUT2D eigenvalue weighted by atomic mass is 28.4. The Balaban J connectivity index is 1.83. The van der Waals surface area contributed by atoms with E-state index in [0.717, 1.165) is 25.3 Å². The van der Waals surface area contributed by atoms with Gasteiger partial charge in [-0.25, -0.2) is 0 Å². The second-order valence-corrected chi connectivity index (χ2v) is 10.2. The predicted octanol–water partition coefficient (Wildman–Crippen LogP) is 4.90. The van der Waals surface area contributed by atoms with E-state index in [1.165, 1.54) is 21.9 Å². The first-order chi connectivity index (χ1) is 13.7. The smallest absolute Gasteiger partial charge is 0.377 e. The van der Waals surface area contributed by atoms with Crippen molar-refractivity contribution in [2.75, 3.05) is 21.3 Å². The summed E-state index contributed by atoms with van der Waals surface area (Å²) in [6.07, 6.45) is 6.72. The van der Waals surface area contributed by atoms with Gasteiger partial charge in [0.1, 0.15) is 0 Å². The molecule has 0 saturated carbocycles. The maximum absolute atomic E-state index is 5.64. The van der Waals surface area contributed by atoms with Gasteiger partial charge in [-0.1, -0.05) is 48.5 Å². The molecular formula is C23H29NO3Si. The van der Waals surface area contributed by atoms with Crippen LogP contribution in [-0.4, -0.2) is 35.1 Å². The van der Waals surface area contributed by atoms with Crippen LogP contribution >= 0.6 is 0 Å². The van der Waals surface area contributed by atoms with Gasteiger partial charge in [0.2, 0.25) is 0 Å². The van der Waals surface area contributed by atoms with Crippen LogP contribution in [0.3, 0.4) is 0 Å². The predicted molar refractivity (Wildman–Crippen MR) is 115 cm³/mol. The molecule has 0 aliphatic heterocycles. The van der Waals surface area contributed by atoms with Crippen molar-refractivity contribution in [1.29, 1.82) is 0 Å². The third-order valence-electron chi connectivity index (χ3n) is 5.43. The van der Waals surface area contributed by atoms with Crippen molar-refractivity contribution in [1.82, 2.24) is 4.98 Å². The third kappa shape index (κ3) is 5.05. The number of hydrogen-bond donors (Lipinski definition) is 0. The maximum atomic E-state index is 5.64. The highest BCUT2D eigenvalue weighted by Crippen LogP contribution is 2.27. The molecule has 0 bridgehead atoms. The van der Waals surface area contributed by atoms with E-state index in [1.807, 2.05) is 18.5 Å². The second kappa shape index (κ2) is 9.93. The van der Waals surface area contributed by atoms with E-state index >= 15 is 0 Å². The Morgan fingerprint density at radius 1 is 0.857 bits per heavy atom. The number of benzene rings is 2. The molecule has 0 radical (unpaired) electrons. The number of pyridine rings is 1. The van der Waals surface area contributed by atoms with E-state index in [0.29, 0.717) is 5.92 Å². The molecule has 28 heavy (non-hydrogen) atoms. The zero-order chi connectivity index (χ0) is 19.8. The third-order valence-corrected chi connectivity index (χ3v) is 8.19. The van der Waals surface area contributed by atoms with E-state index in [-0.39, 0.29) is 0 Å². The van der Waals surface area contributed by atoms with E-state index in [1.54, 1.807) is 21.3 Å². The van der Waals surface area contributed by atoms with Crippen molar-refractivity contribution in [2.24, 2.45) is 5.92 Å². The lowest BCUT2D eigenvalue weighted by molar-refractivity contribution is 0.121. The maximum Gasteiger partial charge on any atom is 0.500 e. The van der Waals surface area contributed by atoms with Crippen LogP contribution in [0.2, 0.25) is 6.04 Å². The number of hydrogen-bond acceptors (Lipinski definition) is 4. The highest BCUT2D eigenvalue weighted by molar-refractivity contribution is 6.60. The zero-order valence-corrected chi connectivity index (χ0v) is 17.9. The molecule has 1 aromatic heterocycles. The molecule has 0 spiro atoms. The second-order valence-electron chi connectivity index (χ2n) is 7.11. The SMILES string of the molecule is CO[Si](CCC(Cc1cccnc1)Cc1cccc2ccccc12)(OC)OC. The average Bonchev–Trinajstić information content (AvgIpc) is 2.76. The standard InChI is InChI=1S/C23H29NO3Si/c1-25-28(26-2,27-3)15-13-19(16-20-8-7-14-24-18-20)17-22-11-6-10-21-9-4-5-12-23(21)22/h4-12,14,18-19H,13,15-17H2,1-3H3. The molecule has 0 aliphatic rings. The quantitative estimate of drug-likeness (QED) is 0.458. The van der Waals surface area contributed by atoms with Gasteiger partial charge in [0.05, 0.1) is 0 Å². The van der Waals surface area contributed by atoms with E-state index < -0.39 is 8.80 Å². The van der Waals surface area contributed by atoms with Gasteiger partial charge in [-0.2, -0.15) is 0 Å². The Morgan fingerprint density at radius 3 is 2.32 bits per heavy atom. The molecule has 5 heteroatoms. The van der Waals surface area contributed by atoms with Gasteiger partial charge in [0.25, 0.3) is 0 Å². The molecule has 1 atom stereocenters. The van der Waals surface area contributed by atoms with Gasteiger partial charge in [-0.05, 0) is 53.1 Å². The first kappa shape index (κ1) is 20.7. The number of rotatable bonds is 10. The molecule has 4 nitrogen and oxygen atoms in total. The fourth-order valence-electron chi connectivity index (χ4n) is 3.85. The first-order valence-electron chi connectivity index (χ1n) is 9.70. The molecule has 0 amide bonds. The number of nitrogens with zero attached hydrogens (tertiary/aromatic N) is 1. The summed E-state index contributed by atoms with van der Waals surface area (Å²) in [4.78, 5) is 4.29. The summed E-state index contributed by atoms with van der Waals surface area (Å²) in [6, 6.07) is 20.1. The van der Waals surface area contributed by atoms with Gasteiger partial charge in [-0.15, -0.1) is 0 Å². The Hall–Kier alpha value is -2.05. The van der Waals surface area contributed by atoms with Crippen LogP contribution < -0.4 is 0 Å². The van der Waals surface area contributed by atoms with Crippen molar-refractivity contribution in [2.45, 2.75) is 25.3 Å². The van der Waals surface area contributed by atoms with Crippen molar-refractivity contribution >= 4 is 19.6 Å². The lowest BCUT2D eigenvalue weighted by Crippen LogP contribution is -2.43. The summed E-state index contributed by atoms with van der Waals surface area (Å²) in [6.45, 7) is 0.